The average molecular weight is 522 g/mol. The van der Waals surface area contributed by atoms with Crippen molar-refractivity contribution in [3.63, 3.8) is 0 Å². The van der Waals surface area contributed by atoms with E-state index in [-0.39, 0.29) is 17.6 Å². The van der Waals surface area contributed by atoms with Crippen LogP contribution in [0.3, 0.4) is 0 Å². The van der Waals surface area contributed by atoms with Gasteiger partial charge in [-0.05, 0) is 54.6 Å². The molecule has 0 N–H and O–H groups in total. The fraction of sp³-hybridized carbons (Fsp3) is 0.259. The van der Waals surface area contributed by atoms with Crippen LogP contribution in [0, 0.1) is 0 Å². The minimum atomic E-state index is -1.13. The van der Waals surface area contributed by atoms with Gasteiger partial charge in [-0.1, -0.05) is 29.8 Å². The molecule has 2 amide bonds. The molecule has 0 radical (unpaired) electrons. The number of carbonyl (C=O) groups excluding carboxylic acids is 2. The maximum absolute atomic E-state index is 14.1. The van der Waals surface area contributed by atoms with Gasteiger partial charge in [-0.15, -0.1) is 11.8 Å². The number of para-hydroxylation sites is 1. The summed E-state index contributed by atoms with van der Waals surface area (Å²) in [5, 5.41) is 0.636. The van der Waals surface area contributed by atoms with Gasteiger partial charge >= 0.3 is 0 Å². The van der Waals surface area contributed by atoms with Gasteiger partial charge in [-0.25, -0.2) is 0 Å². The van der Waals surface area contributed by atoms with E-state index < -0.39 is 4.87 Å². The second-order valence-corrected chi connectivity index (χ2v) is 10.4. The van der Waals surface area contributed by atoms with Crippen LogP contribution in [-0.4, -0.2) is 55.4 Å². The SMILES string of the molecule is O=C1CS[C@]2(C(=O)N(CN3CCOCC3)c3ccccc32)N1c1ccc(Oc2ccc(Cl)cc2)cc1. The summed E-state index contributed by atoms with van der Waals surface area (Å²) < 4.78 is 11.4. The van der Waals surface area contributed by atoms with Crippen molar-refractivity contribution in [3.05, 3.63) is 83.4 Å². The molecule has 3 aliphatic rings. The normalized spacial score (nSPS) is 21.9. The zero-order valence-electron chi connectivity index (χ0n) is 19.4. The predicted octanol–water partition coefficient (Wildman–Crippen LogP) is 4.70. The van der Waals surface area contributed by atoms with Gasteiger partial charge in [-0.2, -0.15) is 0 Å². The summed E-state index contributed by atoms with van der Waals surface area (Å²) in [7, 11) is 0. The quantitative estimate of drug-likeness (QED) is 0.485. The predicted molar refractivity (Wildman–Crippen MR) is 141 cm³/mol. The molecule has 1 atom stereocenters. The number of benzene rings is 3. The summed E-state index contributed by atoms with van der Waals surface area (Å²) >= 11 is 7.35. The summed E-state index contributed by atoms with van der Waals surface area (Å²) in [4.78, 5) is 32.0. The molecule has 3 aliphatic heterocycles. The molecular formula is C27H24ClN3O4S. The Morgan fingerprint density at radius 1 is 0.917 bits per heavy atom. The largest absolute Gasteiger partial charge is 0.457 e. The maximum Gasteiger partial charge on any atom is 0.269 e. The highest BCUT2D eigenvalue weighted by Crippen LogP contribution is 2.55. The summed E-state index contributed by atoms with van der Waals surface area (Å²) in [6, 6.07) is 22.2. The van der Waals surface area contributed by atoms with Gasteiger partial charge in [0.2, 0.25) is 10.8 Å². The van der Waals surface area contributed by atoms with Crippen LogP contribution < -0.4 is 14.5 Å². The number of amides is 2. The minimum Gasteiger partial charge on any atom is -0.457 e. The molecule has 0 saturated carbocycles. The Morgan fingerprint density at radius 2 is 1.58 bits per heavy atom. The van der Waals surface area contributed by atoms with E-state index >= 15 is 0 Å². The van der Waals surface area contributed by atoms with Crippen LogP contribution in [0.2, 0.25) is 5.02 Å². The molecule has 3 aromatic rings. The van der Waals surface area contributed by atoms with Crippen LogP contribution in [-0.2, 0) is 19.2 Å². The zero-order valence-corrected chi connectivity index (χ0v) is 21.0. The Labute approximate surface area is 218 Å². The average Bonchev–Trinajstić information content (AvgIpc) is 3.37. The Morgan fingerprint density at radius 3 is 2.31 bits per heavy atom. The number of halogens is 1. The van der Waals surface area contributed by atoms with Gasteiger partial charge in [0.1, 0.15) is 11.5 Å². The van der Waals surface area contributed by atoms with Gasteiger partial charge in [0, 0.05) is 29.4 Å². The summed E-state index contributed by atoms with van der Waals surface area (Å²) in [6.07, 6.45) is 0. The molecule has 1 spiro atoms. The molecule has 3 aromatic carbocycles. The molecule has 0 aromatic heterocycles. The number of thioether (sulfide) groups is 1. The number of hydrogen-bond donors (Lipinski definition) is 0. The van der Waals surface area contributed by atoms with E-state index in [0.717, 1.165) is 24.3 Å². The lowest BCUT2D eigenvalue weighted by atomic mass is 10.0. The smallest absolute Gasteiger partial charge is 0.269 e. The van der Waals surface area contributed by atoms with Crippen molar-refractivity contribution in [2.75, 3.05) is 48.5 Å². The molecule has 9 heteroatoms. The van der Waals surface area contributed by atoms with Gasteiger partial charge in [0.05, 0.1) is 31.3 Å². The van der Waals surface area contributed by atoms with E-state index in [1.54, 1.807) is 29.2 Å². The van der Waals surface area contributed by atoms with E-state index in [1.807, 2.05) is 53.4 Å². The third kappa shape index (κ3) is 3.94. The lowest BCUT2D eigenvalue weighted by Gasteiger charge is -2.35. The molecule has 2 saturated heterocycles. The van der Waals surface area contributed by atoms with Gasteiger partial charge in [-0.3, -0.25) is 24.3 Å². The zero-order chi connectivity index (χ0) is 24.7. The molecule has 36 heavy (non-hydrogen) atoms. The molecule has 0 bridgehead atoms. The first-order chi connectivity index (χ1) is 17.6. The number of rotatable bonds is 5. The summed E-state index contributed by atoms with van der Waals surface area (Å²) in [6.45, 7) is 3.31. The minimum absolute atomic E-state index is 0.0902. The van der Waals surface area contributed by atoms with Crippen LogP contribution in [0.1, 0.15) is 5.56 Å². The number of morpholine rings is 1. The molecule has 0 aliphatic carbocycles. The topological polar surface area (TPSA) is 62.3 Å². The van der Waals surface area contributed by atoms with Crippen molar-refractivity contribution in [1.29, 1.82) is 0 Å². The highest BCUT2D eigenvalue weighted by molar-refractivity contribution is 8.02. The molecule has 184 valence electrons. The molecular weight excluding hydrogens is 498 g/mol. The number of carbonyl (C=O) groups is 2. The van der Waals surface area contributed by atoms with Crippen molar-refractivity contribution in [2.24, 2.45) is 0 Å². The van der Waals surface area contributed by atoms with Crippen LogP contribution in [0.15, 0.2) is 72.8 Å². The maximum atomic E-state index is 14.1. The van der Waals surface area contributed by atoms with Crippen molar-refractivity contribution in [2.45, 2.75) is 4.87 Å². The second-order valence-electron chi connectivity index (χ2n) is 8.83. The van der Waals surface area contributed by atoms with Crippen LogP contribution >= 0.6 is 23.4 Å². The number of hydrogen-bond acceptors (Lipinski definition) is 6. The highest BCUT2D eigenvalue weighted by Gasteiger charge is 2.61. The Bertz CT molecular complexity index is 1300. The standard InChI is InChI=1S/C27H24ClN3O4S/c28-19-5-9-21(10-6-19)35-22-11-7-20(8-12-22)31-25(32)17-36-27(31)23-3-1-2-4-24(23)30(26(27)33)18-29-13-15-34-16-14-29/h1-12H,13-18H2/t27-/m1/s1. The molecule has 2 fully saturated rings. The van der Waals surface area contributed by atoms with Crippen molar-refractivity contribution in [1.82, 2.24) is 4.90 Å². The highest BCUT2D eigenvalue weighted by atomic mass is 35.5. The Balaban J connectivity index is 1.32. The Hall–Kier alpha value is -3.04. The van der Waals surface area contributed by atoms with Crippen LogP contribution in [0.25, 0.3) is 0 Å². The fourth-order valence-electron chi connectivity index (χ4n) is 4.94. The van der Waals surface area contributed by atoms with E-state index in [1.165, 1.54) is 11.8 Å². The van der Waals surface area contributed by atoms with E-state index in [2.05, 4.69) is 4.90 Å². The lowest BCUT2D eigenvalue weighted by Crippen LogP contribution is -2.52. The molecule has 3 heterocycles. The van der Waals surface area contributed by atoms with Gasteiger partial charge in [0.15, 0.2) is 0 Å². The fourth-order valence-corrected chi connectivity index (χ4v) is 6.43. The van der Waals surface area contributed by atoms with E-state index in [4.69, 9.17) is 21.1 Å². The van der Waals surface area contributed by atoms with Crippen LogP contribution in [0.5, 0.6) is 11.5 Å². The Kier molecular flexibility index (Phi) is 6.13. The number of ether oxygens (including phenoxy) is 2. The molecule has 6 rings (SSSR count). The monoisotopic (exact) mass is 521 g/mol. The molecule has 7 nitrogen and oxygen atoms in total. The van der Waals surface area contributed by atoms with Crippen molar-refractivity contribution < 1.29 is 19.1 Å². The van der Waals surface area contributed by atoms with Crippen molar-refractivity contribution >= 4 is 46.6 Å². The number of anilines is 2. The second kappa shape index (κ2) is 9.44. The first-order valence-electron chi connectivity index (χ1n) is 11.8. The van der Waals surface area contributed by atoms with E-state index in [9.17, 15) is 9.59 Å². The first-order valence-corrected chi connectivity index (χ1v) is 13.1. The summed E-state index contributed by atoms with van der Waals surface area (Å²) in [5.41, 5.74) is 2.36. The van der Waals surface area contributed by atoms with Crippen LogP contribution in [0.4, 0.5) is 11.4 Å². The van der Waals surface area contributed by atoms with E-state index in [0.29, 0.717) is 42.1 Å². The van der Waals surface area contributed by atoms with Crippen molar-refractivity contribution in [3.8, 4) is 11.5 Å². The first kappa shape index (κ1) is 23.4. The van der Waals surface area contributed by atoms with Gasteiger partial charge < -0.3 is 9.47 Å². The van der Waals surface area contributed by atoms with Gasteiger partial charge in [0.25, 0.3) is 5.91 Å². The third-order valence-electron chi connectivity index (χ3n) is 6.65. The summed E-state index contributed by atoms with van der Waals surface area (Å²) in [5.74, 6) is 1.33. The third-order valence-corrected chi connectivity index (χ3v) is 8.29. The molecule has 0 unspecified atom stereocenters. The lowest BCUT2D eigenvalue weighted by molar-refractivity contribution is -0.124. The number of nitrogens with zero attached hydrogens (tertiary/aromatic N) is 3. The number of fused-ring (bicyclic) bond motifs is 2.